The molecule has 0 radical (unpaired) electrons. The lowest BCUT2D eigenvalue weighted by molar-refractivity contribution is -0.136. The number of hydrazone groups is 1. The molecule has 172 valence electrons. The largest absolute Gasteiger partial charge is 0.488 e. The minimum Gasteiger partial charge on any atom is -0.488 e. The van der Waals surface area contributed by atoms with Crippen LogP contribution >= 0.6 is 27.3 Å². The SMILES string of the molecule is N#Cc1c(NC(=O)C(=O)NN=Cc2ccccc2OCc2ccc(Br)cc2)sc2c1CCCC2. The third kappa shape index (κ3) is 5.71. The Bertz CT molecular complexity index is 1280. The molecule has 0 bridgehead atoms. The van der Waals surface area contributed by atoms with Gasteiger partial charge in [-0.05, 0) is 61.1 Å². The van der Waals surface area contributed by atoms with Gasteiger partial charge in [0, 0.05) is 14.9 Å². The number of ether oxygens (including phenoxy) is 1. The molecule has 0 spiro atoms. The first kappa shape index (κ1) is 23.7. The molecule has 4 rings (SSSR count). The number of nitrogens with zero attached hydrogens (tertiary/aromatic N) is 2. The second kappa shape index (κ2) is 11.1. The molecule has 0 saturated carbocycles. The summed E-state index contributed by atoms with van der Waals surface area (Å²) < 4.78 is 6.88. The van der Waals surface area contributed by atoms with Crippen LogP contribution in [0.1, 0.15) is 40.0 Å². The van der Waals surface area contributed by atoms with Crippen LogP contribution in [0.25, 0.3) is 0 Å². The summed E-state index contributed by atoms with van der Waals surface area (Å²) in [5, 5.41) is 16.4. The van der Waals surface area contributed by atoms with Crippen molar-refractivity contribution in [3.8, 4) is 11.8 Å². The molecule has 0 aliphatic heterocycles. The van der Waals surface area contributed by atoms with E-state index < -0.39 is 11.8 Å². The predicted octanol–water partition coefficient (Wildman–Crippen LogP) is 4.93. The maximum Gasteiger partial charge on any atom is 0.329 e. The molecule has 1 heterocycles. The maximum absolute atomic E-state index is 12.4. The van der Waals surface area contributed by atoms with Crippen LogP contribution in [0.3, 0.4) is 0 Å². The van der Waals surface area contributed by atoms with Gasteiger partial charge in [0.1, 0.15) is 23.4 Å². The maximum atomic E-state index is 12.4. The second-order valence-corrected chi connectivity index (χ2v) is 9.65. The Morgan fingerprint density at radius 2 is 1.88 bits per heavy atom. The second-order valence-electron chi connectivity index (χ2n) is 7.63. The summed E-state index contributed by atoms with van der Waals surface area (Å²) >= 11 is 4.77. The van der Waals surface area contributed by atoms with E-state index in [-0.39, 0.29) is 0 Å². The molecule has 1 aromatic heterocycles. The van der Waals surface area contributed by atoms with Crippen LogP contribution in [0.2, 0.25) is 0 Å². The quantitative estimate of drug-likeness (QED) is 0.264. The minimum absolute atomic E-state index is 0.374. The number of rotatable bonds is 6. The number of carbonyl (C=O) groups excluding carboxylic acids is 2. The number of anilines is 1. The Balaban J connectivity index is 1.36. The van der Waals surface area contributed by atoms with E-state index in [1.165, 1.54) is 17.6 Å². The first-order valence-electron chi connectivity index (χ1n) is 10.7. The number of hydrogen-bond donors (Lipinski definition) is 2. The van der Waals surface area contributed by atoms with Gasteiger partial charge in [-0.15, -0.1) is 11.3 Å². The van der Waals surface area contributed by atoms with Crippen LogP contribution in [-0.4, -0.2) is 18.0 Å². The summed E-state index contributed by atoms with van der Waals surface area (Å²) in [6, 6.07) is 17.2. The number of para-hydroxylation sites is 1. The van der Waals surface area contributed by atoms with E-state index in [9.17, 15) is 14.9 Å². The Labute approximate surface area is 209 Å². The molecule has 1 aliphatic rings. The fraction of sp³-hybridized carbons (Fsp3) is 0.200. The first-order valence-corrected chi connectivity index (χ1v) is 12.3. The van der Waals surface area contributed by atoms with Gasteiger partial charge in [-0.3, -0.25) is 9.59 Å². The van der Waals surface area contributed by atoms with Crippen molar-refractivity contribution in [2.45, 2.75) is 32.3 Å². The van der Waals surface area contributed by atoms with E-state index in [1.807, 2.05) is 36.4 Å². The molecule has 0 saturated heterocycles. The highest BCUT2D eigenvalue weighted by Gasteiger charge is 2.23. The highest BCUT2D eigenvalue weighted by atomic mass is 79.9. The Kier molecular flexibility index (Phi) is 7.72. The molecule has 3 aromatic rings. The number of fused-ring (bicyclic) bond motifs is 1. The molecule has 0 fully saturated rings. The van der Waals surface area contributed by atoms with Gasteiger partial charge in [-0.25, -0.2) is 5.43 Å². The highest BCUT2D eigenvalue weighted by Crippen LogP contribution is 2.37. The average molecular weight is 537 g/mol. The number of nitrogens with one attached hydrogen (secondary N) is 2. The predicted molar refractivity (Wildman–Crippen MR) is 135 cm³/mol. The number of halogens is 1. The van der Waals surface area contributed by atoms with E-state index in [2.05, 4.69) is 37.8 Å². The summed E-state index contributed by atoms with van der Waals surface area (Å²) in [6.45, 7) is 0.374. The van der Waals surface area contributed by atoms with Crippen molar-refractivity contribution in [2.24, 2.45) is 5.10 Å². The summed E-state index contributed by atoms with van der Waals surface area (Å²) in [5.74, 6) is -1.19. The van der Waals surface area contributed by atoms with E-state index >= 15 is 0 Å². The van der Waals surface area contributed by atoms with E-state index in [4.69, 9.17) is 4.74 Å². The van der Waals surface area contributed by atoms with Crippen molar-refractivity contribution in [3.63, 3.8) is 0 Å². The van der Waals surface area contributed by atoms with Crippen LogP contribution in [0.4, 0.5) is 5.00 Å². The lowest BCUT2D eigenvalue weighted by Crippen LogP contribution is -2.32. The van der Waals surface area contributed by atoms with Crippen molar-refractivity contribution in [1.29, 1.82) is 5.26 Å². The zero-order valence-electron chi connectivity index (χ0n) is 18.1. The molecule has 2 N–H and O–H groups in total. The summed E-state index contributed by atoms with van der Waals surface area (Å²) in [6.07, 6.45) is 5.23. The number of amides is 2. The van der Waals surface area contributed by atoms with Gasteiger partial charge in [-0.1, -0.05) is 40.2 Å². The normalized spacial score (nSPS) is 12.6. The smallest absolute Gasteiger partial charge is 0.329 e. The zero-order valence-corrected chi connectivity index (χ0v) is 20.5. The van der Waals surface area contributed by atoms with Gasteiger partial charge >= 0.3 is 11.8 Å². The summed E-state index contributed by atoms with van der Waals surface area (Å²) in [5.41, 5.74) is 5.35. The van der Waals surface area contributed by atoms with Crippen LogP contribution < -0.4 is 15.5 Å². The van der Waals surface area contributed by atoms with Crippen molar-refractivity contribution in [2.75, 3.05) is 5.32 Å². The number of benzene rings is 2. The third-order valence-corrected chi connectivity index (χ3v) is 7.05. The van der Waals surface area contributed by atoms with Crippen molar-refractivity contribution in [3.05, 3.63) is 80.1 Å². The van der Waals surface area contributed by atoms with Crippen LogP contribution in [-0.2, 0) is 29.0 Å². The molecule has 2 aromatic carbocycles. The van der Waals surface area contributed by atoms with Crippen LogP contribution in [0.15, 0.2) is 58.1 Å². The van der Waals surface area contributed by atoms with Crippen molar-refractivity contribution < 1.29 is 14.3 Å². The molecule has 1 aliphatic carbocycles. The number of carbonyl (C=O) groups is 2. The van der Waals surface area contributed by atoms with Crippen molar-refractivity contribution in [1.82, 2.24) is 5.43 Å². The number of thiophene rings is 1. The van der Waals surface area contributed by atoms with Gasteiger partial charge in [0.05, 0.1) is 11.8 Å². The molecular weight excluding hydrogens is 516 g/mol. The van der Waals surface area contributed by atoms with Gasteiger partial charge in [0.25, 0.3) is 0 Å². The summed E-state index contributed by atoms with van der Waals surface area (Å²) in [4.78, 5) is 25.7. The van der Waals surface area contributed by atoms with E-state index in [0.717, 1.165) is 46.2 Å². The minimum atomic E-state index is -0.917. The van der Waals surface area contributed by atoms with Gasteiger partial charge in [-0.2, -0.15) is 10.4 Å². The number of hydrogen-bond acceptors (Lipinski definition) is 6. The number of aryl methyl sites for hydroxylation is 1. The van der Waals surface area contributed by atoms with Gasteiger partial charge in [0.15, 0.2) is 0 Å². The third-order valence-electron chi connectivity index (χ3n) is 5.31. The average Bonchev–Trinajstić information content (AvgIpc) is 3.21. The standard InChI is InChI=1S/C25H21BrN4O3S/c26-18-11-9-16(10-12-18)15-33-21-7-3-1-5-17(21)14-28-30-24(32)23(31)29-25-20(13-27)19-6-2-4-8-22(19)34-25/h1,3,5,7,9-12,14H,2,4,6,8,15H2,(H,29,31)(H,30,32). The fourth-order valence-electron chi connectivity index (χ4n) is 3.60. The van der Waals surface area contributed by atoms with Gasteiger partial charge in [0.2, 0.25) is 0 Å². The number of nitriles is 1. The molecule has 0 atom stereocenters. The van der Waals surface area contributed by atoms with Crippen LogP contribution in [0, 0.1) is 11.3 Å². The molecule has 7 nitrogen and oxygen atoms in total. The fourth-order valence-corrected chi connectivity index (χ4v) is 5.10. The zero-order chi connectivity index (χ0) is 23.9. The molecular formula is C25H21BrN4O3S. The topological polar surface area (TPSA) is 104 Å². The van der Waals surface area contributed by atoms with Crippen molar-refractivity contribution >= 4 is 50.3 Å². The lowest BCUT2D eigenvalue weighted by Gasteiger charge is -2.09. The Morgan fingerprint density at radius 3 is 2.68 bits per heavy atom. The van der Waals surface area contributed by atoms with E-state index in [1.54, 1.807) is 12.1 Å². The monoisotopic (exact) mass is 536 g/mol. The first-order chi connectivity index (χ1) is 16.5. The molecule has 9 heteroatoms. The van der Waals surface area contributed by atoms with Crippen LogP contribution in [0.5, 0.6) is 5.75 Å². The van der Waals surface area contributed by atoms with E-state index in [0.29, 0.717) is 28.5 Å². The highest BCUT2D eigenvalue weighted by molar-refractivity contribution is 9.10. The lowest BCUT2D eigenvalue weighted by atomic mass is 9.96. The molecule has 0 unspecified atom stereocenters. The Morgan fingerprint density at radius 1 is 1.12 bits per heavy atom. The molecule has 2 amide bonds. The van der Waals surface area contributed by atoms with Gasteiger partial charge < -0.3 is 10.1 Å². The summed E-state index contributed by atoms with van der Waals surface area (Å²) in [7, 11) is 0. The Hall–Kier alpha value is -3.48. The molecule has 34 heavy (non-hydrogen) atoms.